The molecule has 10 heavy (non-hydrogen) atoms. The second kappa shape index (κ2) is 2.50. The maximum absolute atomic E-state index is 13.6. The van der Waals surface area contributed by atoms with E-state index in [0.717, 1.165) is 6.42 Å². The molecule has 2 unspecified atom stereocenters. The van der Waals surface area contributed by atoms with Gasteiger partial charge in [0.05, 0.1) is 0 Å². The summed E-state index contributed by atoms with van der Waals surface area (Å²) in [7, 11) is 0. The molecule has 0 saturated heterocycles. The van der Waals surface area contributed by atoms with Crippen molar-refractivity contribution in [2.75, 3.05) is 0 Å². The fraction of sp³-hybridized carbons (Fsp3) is 1.00. The first-order chi connectivity index (χ1) is 4.54. The van der Waals surface area contributed by atoms with E-state index in [1.807, 2.05) is 13.8 Å². The Hall–Kier alpha value is -0.110. The first-order valence-corrected chi connectivity index (χ1v) is 3.99. The summed E-state index contributed by atoms with van der Waals surface area (Å²) in [5, 5.41) is 0. The van der Waals surface area contributed by atoms with Gasteiger partial charge >= 0.3 is 0 Å². The molecule has 2 N–H and O–H groups in total. The quantitative estimate of drug-likeness (QED) is 0.598. The van der Waals surface area contributed by atoms with Gasteiger partial charge in [0.1, 0.15) is 5.67 Å². The van der Waals surface area contributed by atoms with E-state index in [0.29, 0.717) is 12.8 Å². The van der Waals surface area contributed by atoms with Crippen LogP contribution in [0.2, 0.25) is 0 Å². The highest BCUT2D eigenvalue weighted by Crippen LogP contribution is 2.38. The third-order valence-corrected chi connectivity index (χ3v) is 2.57. The first-order valence-electron chi connectivity index (χ1n) is 3.99. The molecule has 0 radical (unpaired) electrons. The summed E-state index contributed by atoms with van der Waals surface area (Å²) >= 11 is 0. The van der Waals surface area contributed by atoms with E-state index in [2.05, 4.69) is 0 Å². The molecule has 1 rings (SSSR count). The van der Waals surface area contributed by atoms with Crippen molar-refractivity contribution in [3.63, 3.8) is 0 Å². The molecule has 0 heterocycles. The van der Waals surface area contributed by atoms with Crippen molar-refractivity contribution in [1.29, 1.82) is 0 Å². The van der Waals surface area contributed by atoms with E-state index in [9.17, 15) is 4.39 Å². The lowest BCUT2D eigenvalue weighted by Gasteiger charge is -2.23. The topological polar surface area (TPSA) is 26.0 Å². The van der Waals surface area contributed by atoms with E-state index in [1.165, 1.54) is 0 Å². The standard InChI is InChI=1S/C8H16FN/c1-6(2)8(9)4-3-7(10)5-8/h6-7H,3-5,10H2,1-2H3. The summed E-state index contributed by atoms with van der Waals surface area (Å²) in [6.07, 6.45) is 2.07. The molecular weight excluding hydrogens is 129 g/mol. The largest absolute Gasteiger partial charge is 0.328 e. The third kappa shape index (κ3) is 1.31. The van der Waals surface area contributed by atoms with Gasteiger partial charge in [0.15, 0.2) is 0 Å². The Morgan fingerprint density at radius 1 is 1.60 bits per heavy atom. The van der Waals surface area contributed by atoms with Crippen molar-refractivity contribution >= 4 is 0 Å². The summed E-state index contributed by atoms with van der Waals surface area (Å²) in [6, 6.07) is 0.104. The maximum atomic E-state index is 13.6. The van der Waals surface area contributed by atoms with Crippen molar-refractivity contribution in [2.24, 2.45) is 11.7 Å². The fourth-order valence-electron chi connectivity index (χ4n) is 1.59. The van der Waals surface area contributed by atoms with Gasteiger partial charge in [-0.15, -0.1) is 0 Å². The van der Waals surface area contributed by atoms with Gasteiger partial charge in [-0.05, 0) is 25.2 Å². The van der Waals surface area contributed by atoms with E-state index in [1.54, 1.807) is 0 Å². The van der Waals surface area contributed by atoms with E-state index in [4.69, 9.17) is 5.73 Å². The van der Waals surface area contributed by atoms with Crippen LogP contribution in [0.3, 0.4) is 0 Å². The smallest absolute Gasteiger partial charge is 0.114 e. The minimum Gasteiger partial charge on any atom is -0.328 e. The van der Waals surface area contributed by atoms with Crippen LogP contribution in [0.5, 0.6) is 0 Å². The molecule has 1 aliphatic rings. The number of halogens is 1. The average Bonchev–Trinajstić information content (AvgIpc) is 2.13. The monoisotopic (exact) mass is 145 g/mol. The molecule has 1 nitrogen and oxygen atoms in total. The Morgan fingerprint density at radius 2 is 2.20 bits per heavy atom. The Labute approximate surface area is 61.8 Å². The Kier molecular flexibility index (Phi) is 1.99. The van der Waals surface area contributed by atoms with E-state index < -0.39 is 5.67 Å². The van der Waals surface area contributed by atoms with Crippen molar-refractivity contribution in [2.45, 2.75) is 44.8 Å². The fourth-order valence-corrected chi connectivity index (χ4v) is 1.59. The summed E-state index contributed by atoms with van der Waals surface area (Å²) in [5.74, 6) is 0.126. The molecule has 2 heteroatoms. The van der Waals surface area contributed by atoms with Gasteiger partial charge in [0.2, 0.25) is 0 Å². The number of nitrogens with two attached hydrogens (primary N) is 1. The molecule has 60 valence electrons. The summed E-state index contributed by atoms with van der Waals surface area (Å²) in [6.45, 7) is 3.86. The van der Waals surface area contributed by atoms with Gasteiger partial charge in [-0.25, -0.2) is 4.39 Å². The van der Waals surface area contributed by atoms with Gasteiger partial charge < -0.3 is 5.73 Å². The van der Waals surface area contributed by atoms with Crippen LogP contribution in [0.4, 0.5) is 4.39 Å². The third-order valence-electron chi connectivity index (χ3n) is 2.57. The lowest BCUT2D eigenvalue weighted by molar-refractivity contribution is 0.107. The molecular formula is C8H16FN. The Morgan fingerprint density at radius 3 is 2.40 bits per heavy atom. The molecule has 1 aliphatic carbocycles. The van der Waals surface area contributed by atoms with Crippen LogP contribution < -0.4 is 5.73 Å². The average molecular weight is 145 g/mol. The molecule has 1 fully saturated rings. The maximum Gasteiger partial charge on any atom is 0.114 e. The molecule has 0 aromatic heterocycles. The van der Waals surface area contributed by atoms with Crippen LogP contribution >= 0.6 is 0 Å². The van der Waals surface area contributed by atoms with Crippen LogP contribution in [-0.2, 0) is 0 Å². The van der Waals surface area contributed by atoms with Gasteiger partial charge in [0, 0.05) is 6.04 Å². The lowest BCUT2D eigenvalue weighted by atomic mass is 9.91. The number of hydrogen-bond donors (Lipinski definition) is 1. The van der Waals surface area contributed by atoms with Gasteiger partial charge in [-0.3, -0.25) is 0 Å². The molecule has 0 bridgehead atoms. The molecule has 1 saturated carbocycles. The summed E-state index contributed by atoms with van der Waals surface area (Å²) in [4.78, 5) is 0. The number of rotatable bonds is 1. The van der Waals surface area contributed by atoms with Crippen LogP contribution in [-0.4, -0.2) is 11.7 Å². The summed E-state index contributed by atoms with van der Waals surface area (Å²) in [5.41, 5.74) is 4.65. The SMILES string of the molecule is CC(C)C1(F)CCC(N)C1. The highest BCUT2D eigenvalue weighted by atomic mass is 19.1. The molecule has 0 aliphatic heterocycles. The zero-order chi connectivity index (χ0) is 7.78. The van der Waals surface area contributed by atoms with Crippen LogP contribution in [0, 0.1) is 5.92 Å². The molecule has 0 spiro atoms. The second-order valence-corrected chi connectivity index (χ2v) is 3.69. The lowest BCUT2D eigenvalue weighted by Crippen LogP contribution is -2.28. The Balaban J connectivity index is 2.54. The zero-order valence-corrected chi connectivity index (χ0v) is 6.73. The number of alkyl halides is 1. The van der Waals surface area contributed by atoms with E-state index in [-0.39, 0.29) is 12.0 Å². The molecule has 2 atom stereocenters. The molecule has 0 aromatic carbocycles. The van der Waals surface area contributed by atoms with Crippen LogP contribution in [0.25, 0.3) is 0 Å². The normalized spacial score (nSPS) is 41.1. The highest BCUT2D eigenvalue weighted by Gasteiger charge is 2.40. The number of hydrogen-bond acceptors (Lipinski definition) is 1. The van der Waals surface area contributed by atoms with Gasteiger partial charge in [-0.2, -0.15) is 0 Å². The van der Waals surface area contributed by atoms with Crippen molar-refractivity contribution in [3.05, 3.63) is 0 Å². The Bertz CT molecular complexity index is 124. The van der Waals surface area contributed by atoms with Crippen LogP contribution in [0.1, 0.15) is 33.1 Å². The predicted octanol–water partition coefficient (Wildman–Crippen LogP) is 1.86. The van der Waals surface area contributed by atoms with Crippen molar-refractivity contribution in [3.8, 4) is 0 Å². The van der Waals surface area contributed by atoms with Crippen molar-refractivity contribution < 1.29 is 4.39 Å². The highest BCUT2D eigenvalue weighted by molar-refractivity contribution is 4.93. The van der Waals surface area contributed by atoms with E-state index >= 15 is 0 Å². The molecule has 0 aromatic rings. The van der Waals surface area contributed by atoms with Crippen LogP contribution in [0.15, 0.2) is 0 Å². The minimum absolute atomic E-state index is 0.104. The first kappa shape index (κ1) is 7.99. The molecule has 0 amide bonds. The van der Waals surface area contributed by atoms with Gasteiger partial charge in [-0.1, -0.05) is 13.8 Å². The second-order valence-electron chi connectivity index (χ2n) is 3.69. The van der Waals surface area contributed by atoms with Gasteiger partial charge in [0.25, 0.3) is 0 Å². The minimum atomic E-state index is -0.959. The predicted molar refractivity (Wildman–Crippen MR) is 40.5 cm³/mol. The van der Waals surface area contributed by atoms with Crippen molar-refractivity contribution in [1.82, 2.24) is 0 Å². The summed E-state index contributed by atoms with van der Waals surface area (Å²) < 4.78 is 13.6. The zero-order valence-electron chi connectivity index (χ0n) is 6.73.